The molecule has 2 atom stereocenters. The van der Waals surface area contributed by atoms with Crippen molar-refractivity contribution in [2.24, 2.45) is 0 Å². The van der Waals surface area contributed by atoms with Crippen molar-refractivity contribution in [3.63, 3.8) is 0 Å². The predicted molar refractivity (Wildman–Crippen MR) is 77.4 cm³/mol. The van der Waals surface area contributed by atoms with Crippen LogP contribution in [0.5, 0.6) is 0 Å². The van der Waals surface area contributed by atoms with Crippen LogP contribution in [0.25, 0.3) is 0 Å². The molecule has 2 bridgehead atoms. The monoisotopic (exact) mass is 307 g/mol. The molecule has 2 heterocycles. The van der Waals surface area contributed by atoms with Gasteiger partial charge in [0.2, 0.25) is 10.0 Å². The number of rotatable bonds is 4. The molecule has 1 aromatic rings. The highest BCUT2D eigenvalue weighted by atomic mass is 32.2. The Morgan fingerprint density at radius 2 is 2.05 bits per heavy atom. The Morgan fingerprint density at radius 3 is 2.76 bits per heavy atom. The van der Waals surface area contributed by atoms with Gasteiger partial charge >= 0.3 is 0 Å². The second-order valence-electron chi connectivity index (χ2n) is 5.64. The van der Waals surface area contributed by atoms with Crippen LogP contribution in [0.15, 0.2) is 41.3 Å². The van der Waals surface area contributed by atoms with Crippen LogP contribution in [0, 0.1) is 6.92 Å². The number of benzene rings is 1. The number of nitrogens with one attached hydrogen (secondary N) is 1. The molecule has 2 aliphatic rings. The van der Waals surface area contributed by atoms with Gasteiger partial charge in [-0.1, -0.05) is 29.8 Å². The predicted octanol–water partition coefficient (Wildman–Crippen LogP) is 1.33. The zero-order valence-electron chi connectivity index (χ0n) is 11.7. The van der Waals surface area contributed by atoms with Gasteiger partial charge in [-0.3, -0.25) is 4.79 Å². The molecule has 0 aromatic heterocycles. The normalized spacial score (nSPS) is 28.0. The number of fused-ring (bicyclic) bond motifs is 2. The molecule has 1 fully saturated rings. The van der Waals surface area contributed by atoms with Crippen molar-refractivity contribution in [1.82, 2.24) is 4.72 Å². The van der Waals surface area contributed by atoms with E-state index < -0.39 is 15.6 Å². The highest BCUT2D eigenvalue weighted by Crippen LogP contribution is 2.34. The lowest BCUT2D eigenvalue weighted by Crippen LogP contribution is -2.47. The van der Waals surface area contributed by atoms with E-state index in [1.807, 2.05) is 13.0 Å². The smallest absolute Gasteiger partial charge is 0.240 e. The molecule has 0 saturated carbocycles. The molecule has 21 heavy (non-hydrogen) atoms. The largest absolute Gasteiger partial charge is 0.361 e. The quantitative estimate of drug-likeness (QED) is 0.852. The maximum absolute atomic E-state index is 12.3. The average Bonchev–Trinajstić information content (AvgIpc) is 2.73. The number of ether oxygens (including phenoxy) is 1. The van der Waals surface area contributed by atoms with Crippen LogP contribution >= 0.6 is 0 Å². The fourth-order valence-electron chi connectivity index (χ4n) is 2.68. The number of Topliss-reactive ketones (excluding diaryl/α,β-unsaturated/α-hetero) is 1. The first kappa shape index (κ1) is 14.4. The summed E-state index contributed by atoms with van der Waals surface area (Å²) in [6.45, 7) is 1.97. The number of hydrogen-bond donors (Lipinski definition) is 1. The molecule has 5 nitrogen and oxygen atoms in total. The molecular formula is C15H17NO4S. The third-order valence-corrected chi connectivity index (χ3v) is 5.24. The molecule has 0 amide bonds. The standard InChI is InChI=1S/C15H17NO4S/c1-11-2-4-14(5-3-11)21(18,19)16-10-15-7-6-13(20-15)8-12(17)9-15/h2-7,13,16H,8-10H2,1H3/t13-,15+/m0/s1. The summed E-state index contributed by atoms with van der Waals surface area (Å²) in [6.07, 6.45) is 4.03. The van der Waals surface area contributed by atoms with Crippen LogP contribution in [0.2, 0.25) is 0 Å². The Kier molecular flexibility index (Phi) is 3.47. The molecular weight excluding hydrogens is 290 g/mol. The van der Waals surface area contributed by atoms with Crippen molar-refractivity contribution >= 4 is 15.8 Å². The van der Waals surface area contributed by atoms with Crippen LogP contribution < -0.4 is 4.72 Å². The number of ketones is 1. The summed E-state index contributed by atoms with van der Waals surface area (Å²) in [4.78, 5) is 11.9. The minimum absolute atomic E-state index is 0.0714. The molecule has 112 valence electrons. The van der Waals surface area contributed by atoms with Gasteiger partial charge in [0.1, 0.15) is 11.4 Å². The zero-order chi connectivity index (χ0) is 15.1. The highest BCUT2D eigenvalue weighted by Gasteiger charge is 2.43. The van der Waals surface area contributed by atoms with Crippen molar-refractivity contribution in [3.05, 3.63) is 42.0 Å². The van der Waals surface area contributed by atoms with Gasteiger partial charge < -0.3 is 4.74 Å². The van der Waals surface area contributed by atoms with Gasteiger partial charge in [-0.2, -0.15) is 0 Å². The van der Waals surface area contributed by atoms with Crippen LogP contribution in [-0.4, -0.2) is 32.5 Å². The lowest BCUT2D eigenvalue weighted by Gasteiger charge is -2.32. The highest BCUT2D eigenvalue weighted by molar-refractivity contribution is 7.89. The van der Waals surface area contributed by atoms with E-state index in [9.17, 15) is 13.2 Å². The van der Waals surface area contributed by atoms with Gasteiger partial charge in [0.25, 0.3) is 0 Å². The van der Waals surface area contributed by atoms with E-state index >= 15 is 0 Å². The van der Waals surface area contributed by atoms with Gasteiger partial charge in [0.05, 0.1) is 11.0 Å². The average molecular weight is 307 g/mol. The van der Waals surface area contributed by atoms with Gasteiger partial charge in [0.15, 0.2) is 0 Å². The van der Waals surface area contributed by atoms with E-state index in [1.165, 1.54) is 0 Å². The molecule has 2 aliphatic heterocycles. The fourth-order valence-corrected chi connectivity index (χ4v) is 3.78. The first-order valence-corrected chi connectivity index (χ1v) is 8.32. The van der Waals surface area contributed by atoms with E-state index in [-0.39, 0.29) is 29.7 Å². The summed E-state index contributed by atoms with van der Waals surface area (Å²) in [5.41, 5.74) is 0.174. The number of hydrogen-bond acceptors (Lipinski definition) is 4. The Balaban J connectivity index is 1.74. The summed E-state index contributed by atoms with van der Waals surface area (Å²) in [7, 11) is -3.60. The molecule has 0 radical (unpaired) electrons. The third-order valence-electron chi connectivity index (χ3n) is 3.82. The van der Waals surface area contributed by atoms with Crippen molar-refractivity contribution in [3.8, 4) is 0 Å². The van der Waals surface area contributed by atoms with Crippen molar-refractivity contribution in [2.45, 2.75) is 36.4 Å². The lowest BCUT2D eigenvalue weighted by molar-refractivity contribution is -0.136. The van der Waals surface area contributed by atoms with Gasteiger partial charge in [-0.15, -0.1) is 0 Å². The SMILES string of the molecule is Cc1ccc(S(=O)(=O)NC[C@@]23C=C[C@@H](CC(=O)C2)O3)cc1. The second kappa shape index (κ2) is 5.05. The van der Waals surface area contributed by atoms with E-state index in [4.69, 9.17) is 4.74 Å². The molecule has 6 heteroatoms. The van der Waals surface area contributed by atoms with Crippen molar-refractivity contribution < 1.29 is 17.9 Å². The van der Waals surface area contributed by atoms with Crippen LogP contribution in [0.1, 0.15) is 18.4 Å². The van der Waals surface area contributed by atoms with Crippen LogP contribution in [0.4, 0.5) is 0 Å². The second-order valence-corrected chi connectivity index (χ2v) is 7.40. The number of carbonyl (C=O) groups is 1. The Bertz CT molecular complexity index is 693. The fraction of sp³-hybridized carbons (Fsp3) is 0.400. The van der Waals surface area contributed by atoms with E-state index in [1.54, 1.807) is 30.3 Å². The molecule has 3 rings (SSSR count). The number of sulfonamides is 1. The Hall–Kier alpha value is -1.50. The summed E-state index contributed by atoms with van der Waals surface area (Å²) >= 11 is 0. The first-order valence-electron chi connectivity index (χ1n) is 6.84. The van der Waals surface area contributed by atoms with Gasteiger partial charge in [-0.25, -0.2) is 13.1 Å². The maximum Gasteiger partial charge on any atom is 0.240 e. The number of aryl methyl sites for hydroxylation is 1. The molecule has 1 N–H and O–H groups in total. The van der Waals surface area contributed by atoms with Crippen LogP contribution in [-0.2, 0) is 19.6 Å². The van der Waals surface area contributed by atoms with Crippen molar-refractivity contribution in [2.75, 3.05) is 6.54 Å². The first-order chi connectivity index (χ1) is 9.89. The summed E-state index contributed by atoms with van der Waals surface area (Å²) in [5.74, 6) is 0.103. The molecule has 1 saturated heterocycles. The number of carbonyl (C=O) groups excluding carboxylic acids is 1. The topological polar surface area (TPSA) is 72.5 Å². The minimum Gasteiger partial charge on any atom is -0.361 e. The summed E-state index contributed by atoms with van der Waals surface area (Å²) < 4.78 is 32.8. The van der Waals surface area contributed by atoms with Crippen LogP contribution in [0.3, 0.4) is 0 Å². The molecule has 0 aliphatic carbocycles. The summed E-state index contributed by atoms with van der Waals surface area (Å²) in [6, 6.07) is 6.63. The third kappa shape index (κ3) is 2.92. The van der Waals surface area contributed by atoms with Gasteiger partial charge in [0, 0.05) is 19.4 Å². The molecule has 0 spiro atoms. The lowest BCUT2D eigenvalue weighted by atomic mass is 9.95. The van der Waals surface area contributed by atoms with E-state index in [0.717, 1.165) is 5.56 Å². The Morgan fingerprint density at radius 1 is 1.33 bits per heavy atom. The minimum atomic E-state index is -3.60. The Labute approximate surface area is 124 Å². The zero-order valence-corrected chi connectivity index (χ0v) is 12.5. The van der Waals surface area contributed by atoms with E-state index in [2.05, 4.69) is 4.72 Å². The molecule has 0 unspecified atom stereocenters. The van der Waals surface area contributed by atoms with E-state index in [0.29, 0.717) is 6.42 Å². The van der Waals surface area contributed by atoms with Gasteiger partial charge in [-0.05, 0) is 19.1 Å². The van der Waals surface area contributed by atoms with Crippen molar-refractivity contribution in [1.29, 1.82) is 0 Å². The summed E-state index contributed by atoms with van der Waals surface area (Å²) in [5, 5.41) is 0. The molecule has 1 aromatic carbocycles. The maximum atomic E-state index is 12.3.